The van der Waals surface area contributed by atoms with Gasteiger partial charge in [0.1, 0.15) is 0 Å². The molecule has 2 rings (SSSR count). The van der Waals surface area contributed by atoms with Crippen LogP contribution in [0.4, 0.5) is 0 Å². The summed E-state index contributed by atoms with van der Waals surface area (Å²) in [4.78, 5) is 22.7. The van der Waals surface area contributed by atoms with E-state index in [1.54, 1.807) is 12.1 Å². The molecular weight excluding hydrogens is 323 g/mol. The third-order valence-electron chi connectivity index (χ3n) is 2.22. The van der Waals surface area contributed by atoms with Crippen molar-refractivity contribution in [2.75, 3.05) is 6.61 Å². The van der Waals surface area contributed by atoms with Crippen LogP contribution in [-0.4, -0.2) is 24.6 Å². The molecule has 0 bridgehead atoms. The van der Waals surface area contributed by atoms with Crippen molar-refractivity contribution in [2.24, 2.45) is 0 Å². The van der Waals surface area contributed by atoms with Crippen LogP contribution < -0.4 is 0 Å². The standard InChI is InChI=1S/C11H9IO4/c12-8-3-1-7(2-4-8)10(13)16-9-5-6-15-11(9)14/h1-4,9H,5-6H2/t9-/m0/s1. The molecule has 16 heavy (non-hydrogen) atoms. The maximum absolute atomic E-state index is 11.6. The first-order valence-electron chi connectivity index (χ1n) is 4.80. The molecule has 1 aromatic rings. The van der Waals surface area contributed by atoms with Crippen molar-refractivity contribution in [1.82, 2.24) is 0 Å². The molecule has 1 aliphatic rings. The number of carbonyl (C=O) groups excluding carboxylic acids is 2. The van der Waals surface area contributed by atoms with E-state index in [1.165, 1.54) is 0 Å². The van der Waals surface area contributed by atoms with E-state index in [9.17, 15) is 9.59 Å². The van der Waals surface area contributed by atoms with E-state index in [0.717, 1.165) is 3.57 Å². The lowest BCUT2D eigenvalue weighted by molar-refractivity contribution is -0.145. The van der Waals surface area contributed by atoms with Crippen LogP contribution in [0.25, 0.3) is 0 Å². The van der Waals surface area contributed by atoms with E-state index in [0.29, 0.717) is 18.6 Å². The highest BCUT2D eigenvalue weighted by Crippen LogP contribution is 2.14. The van der Waals surface area contributed by atoms with Crippen molar-refractivity contribution in [3.63, 3.8) is 0 Å². The molecule has 1 aromatic carbocycles. The predicted octanol–water partition coefficient (Wildman–Crippen LogP) is 1.76. The molecule has 5 heteroatoms. The van der Waals surface area contributed by atoms with Gasteiger partial charge < -0.3 is 9.47 Å². The Balaban J connectivity index is 2.02. The second-order valence-corrected chi connectivity index (χ2v) is 4.60. The average Bonchev–Trinajstić information content (AvgIpc) is 2.65. The van der Waals surface area contributed by atoms with Crippen LogP contribution in [0, 0.1) is 3.57 Å². The summed E-state index contributed by atoms with van der Waals surface area (Å²) in [5.41, 5.74) is 0.445. The molecule has 0 saturated carbocycles. The molecule has 1 heterocycles. The summed E-state index contributed by atoms with van der Waals surface area (Å²) in [6.07, 6.45) is -0.304. The lowest BCUT2D eigenvalue weighted by atomic mass is 10.2. The van der Waals surface area contributed by atoms with E-state index in [-0.39, 0.29) is 0 Å². The SMILES string of the molecule is O=C(O[C@H]1CCOC1=O)c1ccc(I)cc1. The Hall–Kier alpha value is -1.11. The summed E-state index contributed by atoms with van der Waals surface area (Å²) < 4.78 is 10.8. The van der Waals surface area contributed by atoms with E-state index in [1.807, 2.05) is 12.1 Å². The molecule has 0 N–H and O–H groups in total. The minimum atomic E-state index is -0.744. The highest BCUT2D eigenvalue weighted by atomic mass is 127. The molecule has 0 unspecified atom stereocenters. The molecule has 1 saturated heterocycles. The molecule has 1 atom stereocenters. The Morgan fingerprint density at radius 2 is 2.06 bits per heavy atom. The second-order valence-electron chi connectivity index (χ2n) is 3.36. The fourth-order valence-electron chi connectivity index (χ4n) is 1.37. The summed E-state index contributed by atoms with van der Waals surface area (Å²) in [7, 11) is 0. The summed E-state index contributed by atoms with van der Waals surface area (Å²) in [5.74, 6) is -0.945. The van der Waals surface area contributed by atoms with Crippen molar-refractivity contribution in [3.8, 4) is 0 Å². The zero-order chi connectivity index (χ0) is 11.5. The van der Waals surface area contributed by atoms with Gasteiger partial charge in [0.25, 0.3) is 0 Å². The van der Waals surface area contributed by atoms with Gasteiger partial charge in [-0.25, -0.2) is 9.59 Å². The Labute approximate surface area is 106 Å². The van der Waals surface area contributed by atoms with Gasteiger partial charge in [-0.05, 0) is 46.9 Å². The van der Waals surface area contributed by atoms with E-state index in [4.69, 9.17) is 9.47 Å². The first-order valence-corrected chi connectivity index (χ1v) is 5.88. The van der Waals surface area contributed by atoms with Crippen molar-refractivity contribution < 1.29 is 19.1 Å². The summed E-state index contributed by atoms with van der Waals surface area (Å²) in [5, 5.41) is 0. The zero-order valence-corrected chi connectivity index (χ0v) is 10.5. The largest absolute Gasteiger partial charge is 0.463 e. The maximum Gasteiger partial charge on any atom is 0.347 e. The van der Waals surface area contributed by atoms with Gasteiger partial charge in [0.05, 0.1) is 12.2 Å². The number of hydrogen-bond acceptors (Lipinski definition) is 4. The van der Waals surface area contributed by atoms with Crippen LogP contribution >= 0.6 is 22.6 Å². The molecule has 1 fully saturated rings. The number of halogens is 1. The fourth-order valence-corrected chi connectivity index (χ4v) is 1.73. The van der Waals surface area contributed by atoms with Gasteiger partial charge in [0.15, 0.2) is 0 Å². The first kappa shape index (κ1) is 11.4. The summed E-state index contributed by atoms with van der Waals surface area (Å²) in [6.45, 7) is 0.323. The summed E-state index contributed by atoms with van der Waals surface area (Å²) >= 11 is 2.15. The van der Waals surface area contributed by atoms with E-state index in [2.05, 4.69) is 22.6 Å². The third kappa shape index (κ3) is 2.52. The lowest BCUT2D eigenvalue weighted by Crippen LogP contribution is -2.22. The van der Waals surface area contributed by atoms with Gasteiger partial charge >= 0.3 is 11.9 Å². The number of rotatable bonds is 2. The van der Waals surface area contributed by atoms with E-state index >= 15 is 0 Å². The molecule has 0 radical (unpaired) electrons. The second kappa shape index (κ2) is 4.82. The lowest BCUT2D eigenvalue weighted by Gasteiger charge is -2.07. The van der Waals surface area contributed by atoms with Crippen LogP contribution in [0.3, 0.4) is 0 Å². The van der Waals surface area contributed by atoms with Gasteiger partial charge in [0, 0.05) is 9.99 Å². The molecule has 0 spiro atoms. The maximum atomic E-state index is 11.6. The highest BCUT2D eigenvalue weighted by molar-refractivity contribution is 14.1. The van der Waals surface area contributed by atoms with Crippen molar-refractivity contribution in [1.29, 1.82) is 0 Å². The van der Waals surface area contributed by atoms with Crippen LogP contribution in [0.1, 0.15) is 16.8 Å². The summed E-state index contributed by atoms with van der Waals surface area (Å²) in [6, 6.07) is 6.96. The molecule has 0 amide bonds. The monoisotopic (exact) mass is 332 g/mol. The Bertz CT molecular complexity index is 412. The number of benzene rings is 1. The normalized spacial score (nSPS) is 19.3. The van der Waals surface area contributed by atoms with Gasteiger partial charge in [-0.15, -0.1) is 0 Å². The number of ether oxygens (including phenoxy) is 2. The van der Waals surface area contributed by atoms with Gasteiger partial charge in [-0.3, -0.25) is 0 Å². The molecule has 0 aliphatic carbocycles. The Kier molecular flexibility index (Phi) is 3.42. The number of carbonyl (C=O) groups is 2. The number of esters is 2. The topological polar surface area (TPSA) is 52.6 Å². The molecule has 1 aliphatic heterocycles. The zero-order valence-electron chi connectivity index (χ0n) is 8.31. The minimum absolute atomic E-state index is 0.323. The first-order chi connectivity index (χ1) is 7.66. The van der Waals surface area contributed by atoms with Crippen LogP contribution in [0.15, 0.2) is 24.3 Å². The van der Waals surface area contributed by atoms with Crippen LogP contribution in [-0.2, 0) is 14.3 Å². The Morgan fingerprint density at radius 1 is 1.38 bits per heavy atom. The minimum Gasteiger partial charge on any atom is -0.463 e. The predicted molar refractivity (Wildman–Crippen MR) is 63.9 cm³/mol. The number of hydrogen-bond donors (Lipinski definition) is 0. The Morgan fingerprint density at radius 3 is 2.62 bits per heavy atom. The molecule has 0 aromatic heterocycles. The van der Waals surface area contributed by atoms with Crippen molar-refractivity contribution in [2.45, 2.75) is 12.5 Å². The number of cyclic esters (lactones) is 1. The molecular formula is C11H9IO4. The van der Waals surface area contributed by atoms with Crippen LogP contribution in [0.2, 0.25) is 0 Å². The van der Waals surface area contributed by atoms with Gasteiger partial charge in [-0.1, -0.05) is 0 Å². The van der Waals surface area contributed by atoms with Crippen molar-refractivity contribution >= 4 is 34.5 Å². The third-order valence-corrected chi connectivity index (χ3v) is 2.94. The van der Waals surface area contributed by atoms with E-state index < -0.39 is 18.0 Å². The van der Waals surface area contributed by atoms with Crippen LogP contribution in [0.5, 0.6) is 0 Å². The average molecular weight is 332 g/mol. The van der Waals surface area contributed by atoms with Gasteiger partial charge in [-0.2, -0.15) is 0 Å². The fraction of sp³-hybridized carbons (Fsp3) is 0.273. The molecule has 84 valence electrons. The van der Waals surface area contributed by atoms with Crippen molar-refractivity contribution in [3.05, 3.63) is 33.4 Å². The highest BCUT2D eigenvalue weighted by Gasteiger charge is 2.30. The quantitative estimate of drug-likeness (QED) is 0.612. The smallest absolute Gasteiger partial charge is 0.347 e. The molecule has 4 nitrogen and oxygen atoms in total. The van der Waals surface area contributed by atoms with Gasteiger partial charge in [0.2, 0.25) is 6.10 Å².